The quantitative estimate of drug-likeness (QED) is 0.458. The number of hydrogen-bond donors (Lipinski definition) is 0. The molecule has 29 heavy (non-hydrogen) atoms. The van der Waals surface area contributed by atoms with Crippen molar-refractivity contribution in [2.75, 3.05) is 0 Å². The highest BCUT2D eigenvalue weighted by Crippen LogP contribution is 2.66. The number of nitrogens with zero attached hydrogens (tertiary/aromatic N) is 1. The Labute approximate surface area is 178 Å². The van der Waals surface area contributed by atoms with Crippen molar-refractivity contribution in [3.8, 4) is 0 Å². The van der Waals surface area contributed by atoms with Crippen LogP contribution in [0.2, 0.25) is 0 Å². The second-order valence-corrected chi connectivity index (χ2v) is 10.1. The Morgan fingerprint density at radius 1 is 1.17 bits per heavy atom. The fourth-order valence-corrected chi connectivity index (χ4v) is 7.42. The van der Waals surface area contributed by atoms with Crippen molar-refractivity contribution in [3.05, 3.63) is 47.8 Å². The zero-order valence-corrected chi connectivity index (χ0v) is 17.5. The number of esters is 1. The number of carbonyl (C=O) groups is 1. The minimum atomic E-state index is -2.68. The van der Waals surface area contributed by atoms with Gasteiger partial charge in [-0.05, 0) is 84.3 Å². The third kappa shape index (κ3) is 2.92. The third-order valence-electron chi connectivity index (χ3n) is 8.89. The highest BCUT2D eigenvalue weighted by atomic mass is 16.5. The molecule has 4 aliphatic rings. The highest BCUT2D eigenvalue weighted by Gasteiger charge is 2.56. The number of carbonyl (C=O) groups excluding carboxylic acids is 1. The van der Waals surface area contributed by atoms with Gasteiger partial charge in [0.25, 0.3) is 0 Å². The van der Waals surface area contributed by atoms with Crippen LogP contribution in [0, 0.1) is 28.6 Å². The van der Waals surface area contributed by atoms with Gasteiger partial charge in [0, 0.05) is 29.8 Å². The number of pyridine rings is 1. The number of fused-ring (bicyclic) bond motifs is 5. The van der Waals surface area contributed by atoms with E-state index in [0.717, 1.165) is 25.7 Å². The molecule has 0 spiro atoms. The van der Waals surface area contributed by atoms with Crippen molar-refractivity contribution < 1.29 is 13.6 Å². The molecule has 0 saturated heterocycles. The van der Waals surface area contributed by atoms with Crippen molar-refractivity contribution in [2.24, 2.45) is 28.6 Å². The van der Waals surface area contributed by atoms with Gasteiger partial charge in [0.15, 0.2) is 0 Å². The van der Waals surface area contributed by atoms with Gasteiger partial charge >= 0.3 is 5.97 Å². The lowest BCUT2D eigenvalue weighted by atomic mass is 9.47. The topological polar surface area (TPSA) is 39.2 Å². The molecule has 3 nitrogen and oxygen atoms in total. The summed E-state index contributed by atoms with van der Waals surface area (Å²) in [6, 6.07) is 4.23. The second-order valence-electron chi connectivity index (χ2n) is 10.1. The maximum Gasteiger partial charge on any atom is 0.302 e. The average Bonchev–Trinajstić information content (AvgIpc) is 3.11. The van der Waals surface area contributed by atoms with Crippen LogP contribution >= 0.6 is 0 Å². The molecule has 1 heterocycles. The van der Waals surface area contributed by atoms with Gasteiger partial charge in [-0.15, -0.1) is 0 Å². The number of aromatic nitrogens is 1. The van der Waals surface area contributed by atoms with E-state index in [-0.39, 0.29) is 16.9 Å². The smallest absolute Gasteiger partial charge is 0.302 e. The molecule has 1 aromatic heterocycles. The first kappa shape index (κ1) is 15.9. The molecule has 0 amide bonds. The summed E-state index contributed by atoms with van der Waals surface area (Å²) in [5, 5.41) is 0. The van der Waals surface area contributed by atoms with Gasteiger partial charge in [0.2, 0.25) is 0 Å². The van der Waals surface area contributed by atoms with Gasteiger partial charge in [0.1, 0.15) is 6.10 Å². The van der Waals surface area contributed by atoms with E-state index in [1.807, 2.05) is 18.5 Å². The fourth-order valence-electron chi connectivity index (χ4n) is 7.42. The summed E-state index contributed by atoms with van der Waals surface area (Å²) in [7, 11) is 0. The van der Waals surface area contributed by atoms with Gasteiger partial charge in [-0.25, -0.2) is 0 Å². The molecule has 2 saturated carbocycles. The number of allylic oxidation sites excluding steroid dienone is 3. The molecule has 0 bridgehead atoms. The van der Waals surface area contributed by atoms with Gasteiger partial charge in [0.05, 0.1) is 0 Å². The van der Waals surface area contributed by atoms with Crippen LogP contribution in [0.3, 0.4) is 0 Å². The first-order valence-electron chi connectivity index (χ1n) is 12.6. The number of ether oxygens (including phenoxy) is 1. The van der Waals surface area contributed by atoms with E-state index in [4.69, 9.17) is 8.85 Å². The maximum atomic E-state index is 11.9. The van der Waals surface area contributed by atoms with E-state index in [1.54, 1.807) is 0 Å². The molecular formula is C26H33NO2. The summed E-state index contributed by atoms with van der Waals surface area (Å²) in [5.74, 6) is 0.891. The van der Waals surface area contributed by atoms with Crippen LogP contribution in [0.15, 0.2) is 42.3 Å². The molecule has 0 unspecified atom stereocenters. The standard InChI is InChI=1S/C26H33NO2/c1-17(28)29-20-10-12-25(2)19(15-20)6-7-21-23-9-8-22(18-5-4-14-27-16-18)26(23,3)13-11-24(21)25/h4-6,8,14,16,20-21,23-24H,7,9-13,15H2,1-3H3/t20-,21-,23-,24-,25-,26+/m0/s1/i1D3. The van der Waals surface area contributed by atoms with Gasteiger partial charge in [-0.1, -0.05) is 37.6 Å². The molecule has 0 aromatic carbocycles. The van der Waals surface area contributed by atoms with Crippen molar-refractivity contribution >= 4 is 11.5 Å². The summed E-state index contributed by atoms with van der Waals surface area (Å²) >= 11 is 0. The SMILES string of the molecule is [2H]C([2H])([2H])C(=O)O[C@H]1CC[C@@]2(C)C(=CC[C@@H]3[C@@H]2CC[C@]2(C)C(c4cccnc4)=CC[C@@H]32)C1. The molecule has 154 valence electrons. The van der Waals surface area contributed by atoms with Crippen molar-refractivity contribution in [2.45, 2.75) is 71.7 Å². The molecule has 2 fully saturated rings. The minimum absolute atomic E-state index is 0.129. The summed E-state index contributed by atoms with van der Waals surface area (Å²) in [4.78, 5) is 16.3. The normalized spacial score (nSPS) is 42.8. The predicted octanol–water partition coefficient (Wildman–Crippen LogP) is 5.97. The first-order valence-corrected chi connectivity index (χ1v) is 11.1. The van der Waals surface area contributed by atoms with Crippen LogP contribution in [0.4, 0.5) is 0 Å². The van der Waals surface area contributed by atoms with Gasteiger partial charge in [-0.2, -0.15) is 0 Å². The fraction of sp³-hybridized carbons (Fsp3) is 0.615. The lowest BCUT2D eigenvalue weighted by Gasteiger charge is -2.57. The van der Waals surface area contributed by atoms with E-state index in [0.29, 0.717) is 24.2 Å². The van der Waals surface area contributed by atoms with Gasteiger partial charge < -0.3 is 4.74 Å². The highest BCUT2D eigenvalue weighted by molar-refractivity contribution is 5.72. The molecule has 6 atom stereocenters. The Kier molecular flexibility index (Phi) is 3.73. The lowest BCUT2D eigenvalue weighted by Crippen LogP contribution is -2.50. The van der Waals surface area contributed by atoms with Crippen molar-refractivity contribution in [1.82, 2.24) is 4.98 Å². The lowest BCUT2D eigenvalue weighted by molar-refractivity contribution is -0.148. The van der Waals surface area contributed by atoms with E-state index in [1.165, 1.54) is 29.6 Å². The molecule has 5 rings (SSSR count). The summed E-state index contributed by atoms with van der Waals surface area (Å²) in [5.41, 5.74) is 4.47. The summed E-state index contributed by atoms with van der Waals surface area (Å²) in [6.45, 7) is 2.19. The van der Waals surface area contributed by atoms with Crippen LogP contribution in [0.1, 0.15) is 75.3 Å². The van der Waals surface area contributed by atoms with Crippen LogP contribution < -0.4 is 0 Å². The first-order chi connectivity index (χ1) is 15.1. The molecular weight excluding hydrogens is 358 g/mol. The summed E-state index contributed by atoms with van der Waals surface area (Å²) in [6.07, 6.45) is 15.4. The maximum absolute atomic E-state index is 11.9. The summed E-state index contributed by atoms with van der Waals surface area (Å²) < 4.78 is 27.3. The van der Waals surface area contributed by atoms with E-state index < -0.39 is 12.8 Å². The monoisotopic (exact) mass is 394 g/mol. The molecule has 1 aromatic rings. The Balaban J connectivity index is 1.36. The number of hydrogen-bond acceptors (Lipinski definition) is 3. The molecule has 0 radical (unpaired) electrons. The van der Waals surface area contributed by atoms with E-state index in [9.17, 15) is 4.79 Å². The molecule has 3 heteroatoms. The molecule has 0 aliphatic heterocycles. The van der Waals surface area contributed by atoms with Gasteiger partial charge in [-0.3, -0.25) is 9.78 Å². The molecule has 0 N–H and O–H groups in total. The van der Waals surface area contributed by atoms with Crippen LogP contribution in [0.25, 0.3) is 5.57 Å². The van der Waals surface area contributed by atoms with Crippen LogP contribution in [-0.4, -0.2) is 17.1 Å². The van der Waals surface area contributed by atoms with Crippen LogP contribution in [0.5, 0.6) is 0 Å². The number of rotatable bonds is 2. The average molecular weight is 395 g/mol. The molecule has 4 aliphatic carbocycles. The van der Waals surface area contributed by atoms with Crippen molar-refractivity contribution in [1.29, 1.82) is 0 Å². The Hall–Kier alpha value is -1.90. The Bertz CT molecular complexity index is 969. The van der Waals surface area contributed by atoms with E-state index >= 15 is 0 Å². The Morgan fingerprint density at radius 2 is 2.03 bits per heavy atom. The van der Waals surface area contributed by atoms with E-state index in [2.05, 4.69) is 37.0 Å². The minimum Gasteiger partial charge on any atom is -0.462 e. The Morgan fingerprint density at radius 3 is 2.83 bits per heavy atom. The zero-order chi connectivity index (χ0) is 22.7. The third-order valence-corrected chi connectivity index (χ3v) is 8.89. The van der Waals surface area contributed by atoms with Crippen molar-refractivity contribution in [3.63, 3.8) is 0 Å². The van der Waals surface area contributed by atoms with Crippen LogP contribution in [-0.2, 0) is 9.53 Å². The largest absolute Gasteiger partial charge is 0.462 e. The zero-order valence-electron chi connectivity index (χ0n) is 20.5. The second kappa shape index (κ2) is 6.82. The predicted molar refractivity (Wildman–Crippen MR) is 115 cm³/mol.